The number of aromatic amines is 1. The molecule has 0 atom stereocenters. The van der Waals surface area contributed by atoms with Crippen molar-refractivity contribution >= 4 is 23.4 Å². The topological polar surface area (TPSA) is 127 Å². The number of H-pyrrole nitrogens is 1. The van der Waals surface area contributed by atoms with Gasteiger partial charge in [-0.2, -0.15) is 0 Å². The van der Waals surface area contributed by atoms with E-state index in [-0.39, 0.29) is 30.5 Å². The first-order valence-electron chi connectivity index (χ1n) is 11.9. The number of nitrogens with zero attached hydrogens (tertiary/aromatic N) is 2. The van der Waals surface area contributed by atoms with E-state index >= 15 is 0 Å². The summed E-state index contributed by atoms with van der Waals surface area (Å²) < 4.78 is 6.49. The number of nitrogens with two attached hydrogens (primary N) is 1. The molecule has 0 aliphatic heterocycles. The summed E-state index contributed by atoms with van der Waals surface area (Å²) >= 11 is 0. The van der Waals surface area contributed by atoms with Crippen LogP contribution in [-0.4, -0.2) is 34.6 Å². The third-order valence-electron chi connectivity index (χ3n) is 6.05. The molecule has 1 amide bonds. The standard InChI is InChI=1S/C25H34N4O5/c1-17(2)14-28(20(30)16-34-21(31)13-18-9-5-3-6-10-18)22-23(26)29(25(33)27-24(22)32)15-19-11-7-4-8-12-19/h4,7-8,11-12,17-18H,3,5-6,9-10,13-16,26H2,1-2H3,(H,27,32,33). The minimum Gasteiger partial charge on any atom is -0.456 e. The Bertz CT molecular complexity index is 1100. The van der Waals surface area contributed by atoms with Crippen molar-refractivity contribution in [2.24, 2.45) is 11.8 Å². The van der Waals surface area contributed by atoms with E-state index in [1.54, 1.807) is 0 Å². The lowest BCUT2D eigenvalue weighted by molar-refractivity contribution is -0.149. The summed E-state index contributed by atoms with van der Waals surface area (Å²) in [5, 5.41) is 0. The van der Waals surface area contributed by atoms with Crippen LogP contribution in [0.2, 0.25) is 0 Å². The van der Waals surface area contributed by atoms with Gasteiger partial charge in [0.15, 0.2) is 12.3 Å². The lowest BCUT2D eigenvalue weighted by atomic mass is 9.87. The summed E-state index contributed by atoms with van der Waals surface area (Å²) in [5.41, 5.74) is 5.55. The molecule has 184 valence electrons. The van der Waals surface area contributed by atoms with E-state index in [1.165, 1.54) is 15.9 Å². The van der Waals surface area contributed by atoms with Gasteiger partial charge in [-0.3, -0.25) is 23.9 Å². The van der Waals surface area contributed by atoms with Crippen molar-refractivity contribution in [2.75, 3.05) is 23.8 Å². The molecule has 1 aromatic carbocycles. The van der Waals surface area contributed by atoms with Crippen LogP contribution in [0.1, 0.15) is 57.9 Å². The molecule has 9 heteroatoms. The first kappa shape index (κ1) is 25.3. The lowest BCUT2D eigenvalue weighted by Gasteiger charge is -2.26. The number of amides is 1. The zero-order chi connectivity index (χ0) is 24.7. The number of hydrogen-bond acceptors (Lipinski definition) is 6. The van der Waals surface area contributed by atoms with E-state index in [0.29, 0.717) is 12.3 Å². The van der Waals surface area contributed by atoms with Gasteiger partial charge in [-0.25, -0.2) is 4.79 Å². The highest BCUT2D eigenvalue weighted by Crippen LogP contribution is 2.26. The highest BCUT2D eigenvalue weighted by molar-refractivity contribution is 5.97. The van der Waals surface area contributed by atoms with Crippen molar-refractivity contribution < 1.29 is 14.3 Å². The lowest BCUT2D eigenvalue weighted by Crippen LogP contribution is -2.44. The number of carbonyl (C=O) groups is 2. The number of nitrogens with one attached hydrogen (secondary N) is 1. The molecule has 1 saturated carbocycles. The third kappa shape index (κ3) is 6.59. The molecule has 0 saturated heterocycles. The normalized spacial score (nSPS) is 14.2. The SMILES string of the molecule is CC(C)CN(C(=O)COC(=O)CC1CCCCC1)c1c(N)n(Cc2ccccc2)c(=O)[nH]c1=O. The fourth-order valence-corrected chi connectivity index (χ4v) is 4.35. The van der Waals surface area contributed by atoms with Crippen LogP contribution >= 0.6 is 0 Å². The Balaban J connectivity index is 1.81. The zero-order valence-corrected chi connectivity index (χ0v) is 19.9. The van der Waals surface area contributed by atoms with E-state index in [4.69, 9.17) is 10.5 Å². The highest BCUT2D eigenvalue weighted by atomic mass is 16.5. The van der Waals surface area contributed by atoms with Crippen molar-refractivity contribution in [1.82, 2.24) is 9.55 Å². The van der Waals surface area contributed by atoms with Crippen LogP contribution in [0.25, 0.3) is 0 Å². The number of hydrogen-bond donors (Lipinski definition) is 2. The number of rotatable bonds is 9. The summed E-state index contributed by atoms with van der Waals surface area (Å²) in [6.45, 7) is 3.60. The molecule has 0 radical (unpaired) electrons. The van der Waals surface area contributed by atoms with Crippen molar-refractivity contribution in [3.63, 3.8) is 0 Å². The highest BCUT2D eigenvalue weighted by Gasteiger charge is 2.26. The van der Waals surface area contributed by atoms with Crippen LogP contribution in [0.5, 0.6) is 0 Å². The quantitative estimate of drug-likeness (QED) is 0.543. The first-order valence-corrected chi connectivity index (χ1v) is 11.9. The minimum atomic E-state index is -0.755. The van der Waals surface area contributed by atoms with Gasteiger partial charge in [0.2, 0.25) is 0 Å². The predicted molar refractivity (Wildman–Crippen MR) is 131 cm³/mol. The number of esters is 1. The first-order chi connectivity index (χ1) is 16.3. The summed E-state index contributed by atoms with van der Waals surface area (Å²) in [4.78, 5) is 54.1. The van der Waals surface area contributed by atoms with E-state index in [1.807, 2.05) is 44.2 Å². The van der Waals surface area contributed by atoms with Crippen LogP contribution in [0.15, 0.2) is 39.9 Å². The largest absolute Gasteiger partial charge is 0.456 e. The van der Waals surface area contributed by atoms with Crippen molar-refractivity contribution in [2.45, 2.75) is 58.9 Å². The molecule has 1 aliphatic rings. The summed E-state index contributed by atoms with van der Waals surface area (Å²) in [6.07, 6.45) is 5.70. The fraction of sp³-hybridized carbons (Fsp3) is 0.520. The molecule has 0 spiro atoms. The monoisotopic (exact) mass is 470 g/mol. The number of aromatic nitrogens is 2. The number of benzene rings is 1. The van der Waals surface area contributed by atoms with Crippen LogP contribution < -0.4 is 21.9 Å². The molecule has 0 bridgehead atoms. The Hall–Kier alpha value is -3.36. The van der Waals surface area contributed by atoms with Crippen LogP contribution in [0, 0.1) is 11.8 Å². The third-order valence-corrected chi connectivity index (χ3v) is 6.05. The van der Waals surface area contributed by atoms with E-state index in [2.05, 4.69) is 4.98 Å². The van der Waals surface area contributed by atoms with E-state index < -0.39 is 29.7 Å². The molecule has 3 N–H and O–H groups in total. The maximum Gasteiger partial charge on any atom is 0.330 e. The summed E-state index contributed by atoms with van der Waals surface area (Å²) in [6, 6.07) is 9.18. The molecule has 9 nitrogen and oxygen atoms in total. The molecule has 34 heavy (non-hydrogen) atoms. The second-order valence-corrected chi connectivity index (χ2v) is 9.33. The van der Waals surface area contributed by atoms with Gasteiger partial charge in [0.1, 0.15) is 5.82 Å². The maximum atomic E-state index is 13.1. The molecule has 0 unspecified atom stereocenters. The number of carbonyl (C=O) groups excluding carboxylic acids is 2. The van der Waals surface area contributed by atoms with Crippen molar-refractivity contribution in [3.8, 4) is 0 Å². The summed E-state index contributed by atoms with van der Waals surface area (Å²) in [5.74, 6) is -0.799. The number of anilines is 2. The van der Waals surface area contributed by atoms with Gasteiger partial charge in [-0.15, -0.1) is 0 Å². The minimum absolute atomic E-state index is 0.00445. The Morgan fingerprint density at radius 3 is 2.47 bits per heavy atom. The van der Waals surface area contributed by atoms with Gasteiger partial charge in [0, 0.05) is 13.0 Å². The van der Waals surface area contributed by atoms with Gasteiger partial charge in [-0.05, 0) is 30.2 Å². The van der Waals surface area contributed by atoms with Gasteiger partial charge in [0.05, 0.1) is 6.54 Å². The number of ether oxygens (including phenoxy) is 1. The van der Waals surface area contributed by atoms with Crippen molar-refractivity contribution in [1.29, 1.82) is 0 Å². The van der Waals surface area contributed by atoms with Crippen LogP contribution in [0.4, 0.5) is 11.5 Å². The van der Waals surface area contributed by atoms with E-state index in [0.717, 1.165) is 31.2 Å². The van der Waals surface area contributed by atoms with Gasteiger partial charge in [0.25, 0.3) is 11.5 Å². The molecular weight excluding hydrogens is 436 g/mol. The van der Waals surface area contributed by atoms with Crippen LogP contribution in [0.3, 0.4) is 0 Å². The zero-order valence-electron chi connectivity index (χ0n) is 19.9. The van der Waals surface area contributed by atoms with E-state index in [9.17, 15) is 19.2 Å². The Kier molecular flexibility index (Phi) is 8.67. The molecule has 1 aromatic heterocycles. The average Bonchev–Trinajstić information content (AvgIpc) is 2.80. The number of nitrogen functional groups attached to an aromatic ring is 1. The Morgan fingerprint density at radius 2 is 1.82 bits per heavy atom. The molecule has 1 fully saturated rings. The smallest absolute Gasteiger partial charge is 0.330 e. The molecular formula is C25H34N4O5. The summed E-state index contributed by atoms with van der Waals surface area (Å²) in [7, 11) is 0. The van der Waals surface area contributed by atoms with Gasteiger partial charge < -0.3 is 15.4 Å². The van der Waals surface area contributed by atoms with Crippen molar-refractivity contribution in [3.05, 3.63) is 56.7 Å². The van der Waals surface area contributed by atoms with Gasteiger partial charge >= 0.3 is 11.7 Å². The van der Waals surface area contributed by atoms with Gasteiger partial charge in [-0.1, -0.05) is 63.4 Å². The fourth-order valence-electron chi connectivity index (χ4n) is 4.35. The second-order valence-electron chi connectivity index (χ2n) is 9.33. The molecule has 1 aliphatic carbocycles. The molecule has 3 rings (SSSR count). The maximum absolute atomic E-state index is 13.1. The molecule has 1 heterocycles. The average molecular weight is 471 g/mol. The second kappa shape index (κ2) is 11.7. The molecule has 2 aromatic rings. The van der Waals surface area contributed by atoms with Crippen LogP contribution in [-0.2, 0) is 20.9 Å². The Morgan fingerprint density at radius 1 is 1.15 bits per heavy atom. The predicted octanol–water partition coefficient (Wildman–Crippen LogP) is 2.67. The Labute approximate surface area is 198 Å².